The second-order valence-electron chi connectivity index (χ2n) is 3.74. The molecule has 2 nitrogen and oxygen atoms in total. The molecular formula is C18H28O2. The first-order chi connectivity index (χ1) is 9.28. The SMILES string of the molecule is C.CCC.COc1ccccc1.COc1ccccc1. The lowest BCUT2D eigenvalue weighted by Crippen LogP contribution is -1.78. The zero-order chi connectivity index (χ0) is 14.3. The Balaban J connectivity index is 0. The highest BCUT2D eigenvalue weighted by Gasteiger charge is 1.80. The number of methoxy groups -OCH3 is 2. The summed E-state index contributed by atoms with van der Waals surface area (Å²) in [7, 11) is 3.32. The van der Waals surface area contributed by atoms with Crippen molar-refractivity contribution >= 4 is 0 Å². The second-order valence-corrected chi connectivity index (χ2v) is 3.74. The first-order valence-corrected chi connectivity index (χ1v) is 6.46. The van der Waals surface area contributed by atoms with Crippen LogP contribution in [0, 0.1) is 0 Å². The van der Waals surface area contributed by atoms with Crippen LogP contribution < -0.4 is 9.47 Å². The number of hydrogen-bond donors (Lipinski definition) is 0. The highest BCUT2D eigenvalue weighted by atomic mass is 16.5. The van der Waals surface area contributed by atoms with Gasteiger partial charge in [0.05, 0.1) is 14.2 Å². The van der Waals surface area contributed by atoms with Crippen molar-refractivity contribution in [3.63, 3.8) is 0 Å². The third-order valence-corrected chi connectivity index (χ3v) is 1.96. The minimum absolute atomic E-state index is 0. The van der Waals surface area contributed by atoms with Crippen molar-refractivity contribution in [2.45, 2.75) is 27.7 Å². The van der Waals surface area contributed by atoms with Gasteiger partial charge in [-0.3, -0.25) is 0 Å². The second kappa shape index (κ2) is 15.1. The van der Waals surface area contributed by atoms with Gasteiger partial charge in [0.2, 0.25) is 0 Å². The Kier molecular flexibility index (Phi) is 15.4. The number of rotatable bonds is 2. The summed E-state index contributed by atoms with van der Waals surface area (Å²) in [5.74, 6) is 1.82. The Hall–Kier alpha value is -1.96. The average molecular weight is 276 g/mol. The fourth-order valence-corrected chi connectivity index (χ4v) is 1.11. The van der Waals surface area contributed by atoms with Gasteiger partial charge in [-0.1, -0.05) is 64.1 Å². The standard InChI is InChI=1S/2C7H8O.C3H8.CH4/c2*1-8-7-5-3-2-4-6-7;1-3-2;/h2*2-6H,1H3;3H2,1-2H3;1H4. The van der Waals surface area contributed by atoms with Crippen molar-refractivity contribution in [1.82, 2.24) is 0 Å². The van der Waals surface area contributed by atoms with Crippen LogP contribution in [0.15, 0.2) is 60.7 Å². The lowest BCUT2D eigenvalue weighted by atomic mass is 10.3. The zero-order valence-electron chi connectivity index (χ0n) is 12.3. The minimum Gasteiger partial charge on any atom is -0.497 e. The predicted octanol–water partition coefficient (Wildman–Crippen LogP) is 5.44. The number of hydrogen-bond acceptors (Lipinski definition) is 2. The molecule has 2 rings (SSSR count). The van der Waals surface area contributed by atoms with Crippen LogP contribution in [0.3, 0.4) is 0 Å². The van der Waals surface area contributed by atoms with E-state index >= 15 is 0 Å². The average Bonchev–Trinajstić information content (AvgIpc) is 2.50. The summed E-state index contributed by atoms with van der Waals surface area (Å²) in [6.45, 7) is 4.25. The highest BCUT2D eigenvalue weighted by Crippen LogP contribution is 2.06. The van der Waals surface area contributed by atoms with E-state index in [9.17, 15) is 0 Å². The maximum atomic E-state index is 4.91. The van der Waals surface area contributed by atoms with Crippen LogP contribution >= 0.6 is 0 Å². The van der Waals surface area contributed by atoms with E-state index < -0.39 is 0 Å². The Labute approximate surface area is 124 Å². The van der Waals surface area contributed by atoms with E-state index in [1.165, 1.54) is 6.42 Å². The molecule has 0 aromatic heterocycles. The molecule has 0 fully saturated rings. The summed E-state index contributed by atoms with van der Waals surface area (Å²) in [5, 5.41) is 0. The summed E-state index contributed by atoms with van der Waals surface area (Å²) in [6, 6.07) is 19.4. The lowest BCUT2D eigenvalue weighted by molar-refractivity contribution is 0.414. The maximum Gasteiger partial charge on any atom is 0.118 e. The lowest BCUT2D eigenvalue weighted by Gasteiger charge is -1.93. The normalized spacial score (nSPS) is 7.80. The molecule has 2 aromatic rings. The molecule has 0 unspecified atom stereocenters. The van der Waals surface area contributed by atoms with Gasteiger partial charge in [0.1, 0.15) is 11.5 Å². The molecule has 0 atom stereocenters. The molecule has 0 radical (unpaired) electrons. The first-order valence-electron chi connectivity index (χ1n) is 6.46. The molecular weight excluding hydrogens is 248 g/mol. The molecule has 112 valence electrons. The van der Waals surface area contributed by atoms with Gasteiger partial charge in [0.25, 0.3) is 0 Å². The molecule has 0 heterocycles. The van der Waals surface area contributed by atoms with Gasteiger partial charge in [-0.05, 0) is 24.3 Å². The Morgan fingerprint density at radius 1 is 0.650 bits per heavy atom. The van der Waals surface area contributed by atoms with Gasteiger partial charge in [-0.25, -0.2) is 0 Å². The van der Waals surface area contributed by atoms with Crippen molar-refractivity contribution in [2.75, 3.05) is 14.2 Å². The monoisotopic (exact) mass is 276 g/mol. The van der Waals surface area contributed by atoms with Crippen LogP contribution in [0.4, 0.5) is 0 Å². The first kappa shape index (κ1) is 20.4. The Morgan fingerprint density at radius 3 is 1.05 bits per heavy atom. The van der Waals surface area contributed by atoms with Crippen LogP contribution in [0.1, 0.15) is 27.7 Å². The predicted molar refractivity (Wildman–Crippen MR) is 88.7 cm³/mol. The van der Waals surface area contributed by atoms with Gasteiger partial charge in [0, 0.05) is 0 Å². The van der Waals surface area contributed by atoms with E-state index in [0.29, 0.717) is 0 Å². The van der Waals surface area contributed by atoms with E-state index in [1.54, 1.807) is 14.2 Å². The van der Waals surface area contributed by atoms with E-state index in [0.717, 1.165) is 11.5 Å². The van der Waals surface area contributed by atoms with Crippen molar-refractivity contribution in [1.29, 1.82) is 0 Å². The topological polar surface area (TPSA) is 18.5 Å². The van der Waals surface area contributed by atoms with Crippen LogP contribution in [-0.4, -0.2) is 14.2 Å². The Bertz CT molecular complexity index is 345. The fourth-order valence-electron chi connectivity index (χ4n) is 1.11. The third kappa shape index (κ3) is 11.1. The van der Waals surface area contributed by atoms with E-state index in [4.69, 9.17) is 9.47 Å². The molecule has 0 spiro atoms. The van der Waals surface area contributed by atoms with Crippen molar-refractivity contribution in [3.8, 4) is 11.5 Å². The van der Waals surface area contributed by atoms with Gasteiger partial charge < -0.3 is 9.47 Å². The van der Waals surface area contributed by atoms with Gasteiger partial charge in [-0.2, -0.15) is 0 Å². The number of ether oxygens (including phenoxy) is 2. The third-order valence-electron chi connectivity index (χ3n) is 1.96. The molecule has 0 aliphatic carbocycles. The van der Waals surface area contributed by atoms with E-state index in [2.05, 4.69) is 13.8 Å². The molecule has 0 aliphatic rings. The molecule has 2 aromatic carbocycles. The number of benzene rings is 2. The number of para-hydroxylation sites is 2. The summed E-state index contributed by atoms with van der Waals surface area (Å²) in [6.07, 6.45) is 1.25. The molecule has 0 aliphatic heterocycles. The summed E-state index contributed by atoms with van der Waals surface area (Å²) in [5.41, 5.74) is 0. The molecule has 0 bridgehead atoms. The summed E-state index contributed by atoms with van der Waals surface area (Å²) >= 11 is 0. The maximum absolute atomic E-state index is 4.91. The van der Waals surface area contributed by atoms with Crippen LogP contribution in [0.5, 0.6) is 11.5 Å². The zero-order valence-corrected chi connectivity index (χ0v) is 12.3. The molecule has 0 N–H and O–H groups in total. The quantitative estimate of drug-likeness (QED) is 0.727. The minimum atomic E-state index is 0. The van der Waals surface area contributed by atoms with Gasteiger partial charge in [0.15, 0.2) is 0 Å². The summed E-state index contributed by atoms with van der Waals surface area (Å²) < 4.78 is 9.83. The summed E-state index contributed by atoms with van der Waals surface area (Å²) in [4.78, 5) is 0. The Morgan fingerprint density at radius 2 is 0.900 bits per heavy atom. The van der Waals surface area contributed by atoms with Crippen molar-refractivity contribution in [3.05, 3.63) is 60.7 Å². The molecule has 2 heteroatoms. The fraction of sp³-hybridized carbons (Fsp3) is 0.333. The van der Waals surface area contributed by atoms with Gasteiger partial charge >= 0.3 is 0 Å². The molecule has 20 heavy (non-hydrogen) atoms. The highest BCUT2D eigenvalue weighted by molar-refractivity contribution is 5.21. The van der Waals surface area contributed by atoms with E-state index in [1.807, 2.05) is 60.7 Å². The molecule has 0 amide bonds. The molecule has 0 saturated carbocycles. The largest absolute Gasteiger partial charge is 0.497 e. The van der Waals surface area contributed by atoms with Crippen LogP contribution in [-0.2, 0) is 0 Å². The van der Waals surface area contributed by atoms with Crippen molar-refractivity contribution in [2.24, 2.45) is 0 Å². The van der Waals surface area contributed by atoms with Crippen molar-refractivity contribution < 1.29 is 9.47 Å². The van der Waals surface area contributed by atoms with Crippen LogP contribution in [0.2, 0.25) is 0 Å². The molecule has 0 saturated heterocycles. The van der Waals surface area contributed by atoms with Crippen LogP contribution in [0.25, 0.3) is 0 Å². The van der Waals surface area contributed by atoms with E-state index in [-0.39, 0.29) is 7.43 Å². The smallest absolute Gasteiger partial charge is 0.118 e. The van der Waals surface area contributed by atoms with Gasteiger partial charge in [-0.15, -0.1) is 0 Å².